The molecule has 2 aromatic rings. The molecule has 0 unspecified atom stereocenters. The molecule has 0 spiro atoms. The number of anilines is 1. The highest BCUT2D eigenvalue weighted by molar-refractivity contribution is 6.74. The quantitative estimate of drug-likeness (QED) is 0.813. The zero-order valence-corrected chi connectivity index (χ0v) is 15.4. The van der Waals surface area contributed by atoms with E-state index >= 15 is 0 Å². The van der Waals surface area contributed by atoms with Gasteiger partial charge < -0.3 is 15.4 Å². The van der Waals surface area contributed by atoms with Gasteiger partial charge in [0.25, 0.3) is 8.32 Å². The molecule has 0 saturated carbocycles. The Morgan fingerprint density at radius 3 is 2.65 bits per heavy atom. The highest BCUT2D eigenvalue weighted by Gasteiger charge is 2.41. The Labute approximate surface area is 137 Å². The molecule has 2 aromatic heterocycles. The van der Waals surface area contributed by atoms with Crippen LogP contribution < -0.4 is 10.3 Å². The number of aliphatic hydroxyl groups is 1. The summed E-state index contributed by atoms with van der Waals surface area (Å²) in [6.45, 7) is 10.9. The van der Waals surface area contributed by atoms with Crippen molar-refractivity contribution in [3.05, 3.63) is 18.2 Å². The summed E-state index contributed by atoms with van der Waals surface area (Å²) in [5.74, 6) is 0.926. The van der Waals surface area contributed by atoms with Crippen LogP contribution in [0.5, 0.6) is 0 Å². The lowest BCUT2D eigenvalue weighted by Crippen LogP contribution is -2.48. The molecule has 126 valence electrons. The van der Waals surface area contributed by atoms with Gasteiger partial charge in [-0.1, -0.05) is 26.8 Å². The van der Waals surface area contributed by atoms with Gasteiger partial charge >= 0.3 is 0 Å². The fourth-order valence-corrected chi connectivity index (χ4v) is 2.64. The zero-order valence-electron chi connectivity index (χ0n) is 14.4. The van der Waals surface area contributed by atoms with Crippen molar-refractivity contribution in [2.75, 3.05) is 12.3 Å². The van der Waals surface area contributed by atoms with Gasteiger partial charge in [0.1, 0.15) is 6.33 Å². The van der Waals surface area contributed by atoms with Crippen LogP contribution in [0.1, 0.15) is 33.0 Å². The van der Waals surface area contributed by atoms with Crippen molar-refractivity contribution in [1.29, 1.82) is 0 Å². The first-order valence-corrected chi connectivity index (χ1v) is 10.5. The minimum absolute atomic E-state index is 0.0360. The van der Waals surface area contributed by atoms with Gasteiger partial charge in [-0.2, -0.15) is 4.73 Å². The Bertz CT molecular complexity index is 718. The molecule has 2 rings (SSSR count). The first kappa shape index (κ1) is 17.4. The van der Waals surface area contributed by atoms with Crippen LogP contribution in [0.4, 0.5) is 5.82 Å². The number of aromatic nitrogens is 4. The van der Waals surface area contributed by atoms with Crippen LogP contribution in [0, 0.1) is 0 Å². The SMILES string of the molecule is CC(C)(C)[Si](C)(C)On1c(/C=C\CCO)nc2c(N)ncnc21. The number of imidazole rings is 1. The van der Waals surface area contributed by atoms with Crippen molar-refractivity contribution < 1.29 is 9.63 Å². The van der Waals surface area contributed by atoms with Crippen LogP contribution in [0.15, 0.2) is 12.4 Å². The fourth-order valence-electron chi connectivity index (χ4n) is 1.73. The summed E-state index contributed by atoms with van der Waals surface area (Å²) in [5.41, 5.74) is 6.99. The van der Waals surface area contributed by atoms with E-state index in [9.17, 15) is 0 Å². The average Bonchev–Trinajstić information content (AvgIpc) is 2.77. The second-order valence-corrected chi connectivity index (χ2v) is 11.7. The number of hydrogen-bond donors (Lipinski definition) is 2. The van der Waals surface area contributed by atoms with Crippen LogP contribution in [-0.4, -0.2) is 39.7 Å². The maximum absolute atomic E-state index is 8.95. The first-order valence-electron chi connectivity index (χ1n) is 7.63. The standard InChI is InChI=1S/C15H25N5O2Si/c1-15(2,3)23(4,5)22-20-11(8-6-7-9-21)19-12-13(16)17-10-18-14(12)20/h6,8,10,21H,7,9H2,1-5H3,(H2,16,17,18)/b8-6-. The van der Waals surface area contributed by atoms with Crippen LogP contribution in [0.25, 0.3) is 17.2 Å². The van der Waals surface area contributed by atoms with Crippen LogP contribution in [-0.2, 0) is 0 Å². The molecule has 0 fully saturated rings. The second kappa shape index (κ2) is 6.29. The third kappa shape index (κ3) is 3.53. The summed E-state index contributed by atoms with van der Waals surface area (Å²) in [6, 6.07) is 0. The zero-order chi connectivity index (χ0) is 17.3. The summed E-state index contributed by atoms with van der Waals surface area (Å²) in [6.07, 6.45) is 5.61. The summed E-state index contributed by atoms with van der Waals surface area (Å²) >= 11 is 0. The molecule has 0 atom stereocenters. The molecule has 0 aliphatic heterocycles. The first-order chi connectivity index (χ1) is 10.7. The summed E-state index contributed by atoms with van der Waals surface area (Å²) < 4.78 is 8.02. The van der Waals surface area contributed by atoms with E-state index in [0.717, 1.165) is 0 Å². The highest BCUT2D eigenvalue weighted by atomic mass is 28.4. The van der Waals surface area contributed by atoms with Crippen molar-refractivity contribution in [3.8, 4) is 0 Å². The predicted octanol–water partition coefficient (Wildman–Crippen LogP) is 2.24. The van der Waals surface area contributed by atoms with E-state index in [0.29, 0.717) is 29.2 Å². The molecule has 23 heavy (non-hydrogen) atoms. The lowest BCUT2D eigenvalue weighted by molar-refractivity contribution is 0.256. The van der Waals surface area contributed by atoms with Crippen molar-refractivity contribution in [1.82, 2.24) is 19.7 Å². The van der Waals surface area contributed by atoms with Crippen LogP contribution in [0.2, 0.25) is 18.1 Å². The number of aliphatic hydroxyl groups excluding tert-OH is 1. The summed E-state index contributed by atoms with van der Waals surface area (Å²) in [4.78, 5) is 12.8. The van der Waals surface area contributed by atoms with E-state index in [4.69, 9.17) is 15.4 Å². The molecular formula is C15H25N5O2Si. The second-order valence-electron chi connectivity index (χ2n) is 6.96. The molecule has 0 aliphatic carbocycles. The lowest BCUT2D eigenvalue weighted by Gasteiger charge is -2.35. The molecule has 3 N–H and O–H groups in total. The number of rotatable bonds is 5. The Balaban J connectivity index is 2.55. The molecule has 2 heterocycles. The van der Waals surface area contributed by atoms with Crippen molar-refractivity contribution >= 4 is 31.4 Å². The maximum atomic E-state index is 8.95. The molecular weight excluding hydrogens is 310 g/mol. The molecule has 0 radical (unpaired) electrons. The van der Waals surface area contributed by atoms with E-state index in [1.807, 2.05) is 12.2 Å². The topological polar surface area (TPSA) is 99.1 Å². The predicted molar refractivity (Wildman–Crippen MR) is 94.2 cm³/mol. The van der Waals surface area contributed by atoms with Gasteiger partial charge in [0, 0.05) is 6.61 Å². The van der Waals surface area contributed by atoms with E-state index in [1.54, 1.807) is 4.73 Å². The number of nitrogen functional groups attached to an aromatic ring is 1. The molecule has 0 aromatic carbocycles. The Morgan fingerprint density at radius 1 is 1.35 bits per heavy atom. The minimum atomic E-state index is -2.08. The van der Waals surface area contributed by atoms with Gasteiger partial charge in [0.05, 0.1) is 0 Å². The number of hydrogen-bond acceptors (Lipinski definition) is 6. The molecule has 7 nitrogen and oxygen atoms in total. The largest absolute Gasteiger partial charge is 0.466 e. The normalized spacial score (nSPS) is 13.1. The molecule has 0 saturated heterocycles. The minimum Gasteiger partial charge on any atom is -0.466 e. The third-order valence-corrected chi connectivity index (χ3v) is 8.40. The van der Waals surface area contributed by atoms with Crippen molar-refractivity contribution in [2.24, 2.45) is 0 Å². The van der Waals surface area contributed by atoms with Crippen LogP contribution in [0.3, 0.4) is 0 Å². The van der Waals surface area contributed by atoms with Gasteiger partial charge in [-0.05, 0) is 30.6 Å². The molecule has 0 bridgehead atoms. The van der Waals surface area contributed by atoms with Crippen molar-refractivity contribution in [2.45, 2.75) is 45.3 Å². The van der Waals surface area contributed by atoms with Gasteiger partial charge in [0.2, 0.25) is 0 Å². The number of fused-ring (bicyclic) bond motifs is 1. The Kier molecular flexibility index (Phi) is 4.76. The lowest BCUT2D eigenvalue weighted by atomic mass is 10.2. The summed E-state index contributed by atoms with van der Waals surface area (Å²) in [5, 5.41) is 8.98. The van der Waals surface area contributed by atoms with Gasteiger partial charge in [0.15, 0.2) is 22.8 Å². The number of nitrogens with two attached hydrogens (primary N) is 1. The molecule has 0 aliphatic rings. The van der Waals surface area contributed by atoms with E-state index in [2.05, 4.69) is 48.8 Å². The highest BCUT2D eigenvalue weighted by Crippen LogP contribution is 2.35. The maximum Gasteiger partial charge on any atom is 0.284 e. The van der Waals surface area contributed by atoms with E-state index in [-0.39, 0.29) is 11.6 Å². The average molecular weight is 335 g/mol. The van der Waals surface area contributed by atoms with Crippen LogP contribution >= 0.6 is 0 Å². The third-order valence-electron chi connectivity index (χ3n) is 4.15. The van der Waals surface area contributed by atoms with Gasteiger partial charge in [-0.15, -0.1) is 0 Å². The van der Waals surface area contributed by atoms with Crippen molar-refractivity contribution in [3.63, 3.8) is 0 Å². The molecule has 0 amide bonds. The van der Waals surface area contributed by atoms with Gasteiger partial charge in [-0.25, -0.2) is 15.0 Å². The summed E-state index contributed by atoms with van der Waals surface area (Å²) in [7, 11) is -2.08. The fraction of sp³-hybridized carbons (Fsp3) is 0.533. The number of nitrogens with zero attached hydrogens (tertiary/aromatic N) is 4. The Morgan fingerprint density at radius 2 is 2.04 bits per heavy atom. The van der Waals surface area contributed by atoms with E-state index < -0.39 is 8.32 Å². The van der Waals surface area contributed by atoms with E-state index in [1.165, 1.54) is 6.33 Å². The smallest absolute Gasteiger partial charge is 0.284 e. The monoisotopic (exact) mass is 335 g/mol. The van der Waals surface area contributed by atoms with Gasteiger partial charge in [-0.3, -0.25) is 0 Å². The Hall–Kier alpha value is -1.93. The molecule has 8 heteroatoms.